The number of likely N-dealkylation sites (tertiary alicyclic amines) is 1. The van der Waals surface area contributed by atoms with Crippen LogP contribution < -0.4 is 10.1 Å². The molecule has 0 bridgehead atoms. The summed E-state index contributed by atoms with van der Waals surface area (Å²) in [7, 11) is 0. The molecule has 4 aromatic rings. The Hall–Kier alpha value is -4.13. The first kappa shape index (κ1) is 25.5. The zero-order chi connectivity index (χ0) is 26.5. The number of aryl methyl sites for hydroxylation is 1. The minimum atomic E-state index is -0.551. The number of aromatic nitrogens is 2. The topological polar surface area (TPSA) is 87.3 Å². The highest BCUT2D eigenvalue weighted by molar-refractivity contribution is 5.95. The maximum absolute atomic E-state index is 13.2. The maximum Gasteiger partial charge on any atom is 0.263 e. The largest absolute Gasteiger partial charge is 0.481 e. The molecule has 2 N–H and O–H groups in total. The Balaban J connectivity index is 1.19. The number of ether oxygens (including phenoxy) is 1. The van der Waals surface area contributed by atoms with Crippen molar-refractivity contribution in [3.05, 3.63) is 95.4 Å². The van der Waals surface area contributed by atoms with Crippen LogP contribution in [0.2, 0.25) is 0 Å². The molecule has 0 saturated carbocycles. The Kier molecular flexibility index (Phi) is 7.73. The van der Waals surface area contributed by atoms with Crippen LogP contribution in [0, 0.1) is 6.92 Å². The number of piperidine rings is 1. The van der Waals surface area contributed by atoms with E-state index in [-0.39, 0.29) is 17.7 Å². The van der Waals surface area contributed by atoms with Crippen LogP contribution >= 0.6 is 0 Å². The number of amides is 2. The molecular formula is C31H34N4O3. The molecule has 38 heavy (non-hydrogen) atoms. The minimum absolute atomic E-state index is 0.0141. The third kappa shape index (κ3) is 5.72. The normalized spacial score (nSPS) is 14.8. The molecule has 3 heterocycles. The highest BCUT2D eigenvalue weighted by Crippen LogP contribution is 2.30. The highest BCUT2D eigenvalue weighted by atomic mass is 16.5. The molecule has 1 aliphatic heterocycles. The summed E-state index contributed by atoms with van der Waals surface area (Å²) in [4.78, 5) is 36.1. The summed E-state index contributed by atoms with van der Waals surface area (Å²) < 4.78 is 5.84. The number of pyridine rings is 1. The van der Waals surface area contributed by atoms with E-state index in [4.69, 9.17) is 9.72 Å². The molecule has 1 aliphatic rings. The van der Waals surface area contributed by atoms with Crippen molar-refractivity contribution in [2.75, 3.05) is 19.6 Å². The zero-order valence-electron chi connectivity index (χ0n) is 21.9. The molecule has 2 aromatic heterocycles. The first-order valence-corrected chi connectivity index (χ1v) is 13.3. The van der Waals surface area contributed by atoms with Crippen LogP contribution in [-0.4, -0.2) is 52.4 Å². The summed E-state index contributed by atoms with van der Waals surface area (Å²) in [6.07, 6.45) is 3.72. The molecule has 1 atom stereocenters. The second-order valence-corrected chi connectivity index (χ2v) is 9.92. The lowest BCUT2D eigenvalue weighted by atomic mass is 9.89. The number of hydrogen-bond acceptors (Lipinski definition) is 4. The quantitative estimate of drug-likeness (QED) is 0.349. The molecule has 7 nitrogen and oxygen atoms in total. The number of H-pyrrole nitrogens is 1. The van der Waals surface area contributed by atoms with Gasteiger partial charge in [-0.15, -0.1) is 0 Å². The molecule has 7 heteroatoms. The number of nitrogens with zero attached hydrogens (tertiary/aromatic N) is 2. The van der Waals surface area contributed by atoms with Gasteiger partial charge in [0.2, 0.25) is 0 Å². The Labute approximate surface area is 223 Å². The van der Waals surface area contributed by atoms with Gasteiger partial charge in [-0.1, -0.05) is 36.4 Å². The number of carbonyl (C=O) groups is 2. The third-order valence-corrected chi connectivity index (χ3v) is 7.26. The van der Waals surface area contributed by atoms with Gasteiger partial charge in [-0.2, -0.15) is 0 Å². The highest BCUT2D eigenvalue weighted by Gasteiger charge is 2.30. The van der Waals surface area contributed by atoms with Crippen molar-refractivity contribution in [3.8, 4) is 5.75 Å². The molecule has 2 amide bonds. The molecule has 1 fully saturated rings. The van der Waals surface area contributed by atoms with E-state index in [0.29, 0.717) is 30.9 Å². The number of benzene rings is 2. The van der Waals surface area contributed by atoms with Crippen molar-refractivity contribution in [2.45, 2.75) is 45.1 Å². The zero-order valence-corrected chi connectivity index (χ0v) is 21.9. The molecule has 1 saturated heterocycles. The fraction of sp³-hybridized carbons (Fsp3) is 0.323. The lowest BCUT2D eigenvalue weighted by molar-refractivity contribution is -0.139. The summed E-state index contributed by atoms with van der Waals surface area (Å²) in [5.41, 5.74) is 4.63. The molecule has 0 radical (unpaired) electrons. The molecule has 1 unspecified atom stereocenters. The monoisotopic (exact) mass is 510 g/mol. The predicted molar refractivity (Wildman–Crippen MR) is 148 cm³/mol. The van der Waals surface area contributed by atoms with Crippen molar-refractivity contribution >= 4 is 22.7 Å². The van der Waals surface area contributed by atoms with Crippen LogP contribution in [0.25, 0.3) is 10.9 Å². The summed E-state index contributed by atoms with van der Waals surface area (Å²) in [6, 6.07) is 21.4. The van der Waals surface area contributed by atoms with E-state index in [1.807, 2.05) is 72.6 Å². The number of para-hydroxylation sites is 2. The summed E-state index contributed by atoms with van der Waals surface area (Å²) in [5, 5.41) is 4.28. The number of nitrogens with one attached hydrogen (secondary N) is 2. The minimum Gasteiger partial charge on any atom is -0.481 e. The van der Waals surface area contributed by atoms with Crippen LogP contribution in [0.5, 0.6) is 5.75 Å². The van der Waals surface area contributed by atoms with Crippen molar-refractivity contribution in [1.29, 1.82) is 0 Å². The Bertz CT molecular complexity index is 1410. The second-order valence-electron chi connectivity index (χ2n) is 9.92. The molecule has 196 valence electrons. The van der Waals surface area contributed by atoms with E-state index >= 15 is 0 Å². The van der Waals surface area contributed by atoms with Gasteiger partial charge in [-0.3, -0.25) is 14.6 Å². The van der Waals surface area contributed by atoms with Crippen LogP contribution in [0.15, 0.2) is 72.9 Å². The van der Waals surface area contributed by atoms with Gasteiger partial charge < -0.3 is 19.9 Å². The van der Waals surface area contributed by atoms with Gasteiger partial charge in [0, 0.05) is 48.3 Å². The van der Waals surface area contributed by atoms with Gasteiger partial charge in [0.15, 0.2) is 6.10 Å². The van der Waals surface area contributed by atoms with Gasteiger partial charge in [0.25, 0.3) is 11.8 Å². The van der Waals surface area contributed by atoms with Crippen LogP contribution in [0.4, 0.5) is 0 Å². The van der Waals surface area contributed by atoms with E-state index in [1.165, 1.54) is 10.9 Å². The van der Waals surface area contributed by atoms with Gasteiger partial charge in [0.05, 0.1) is 11.3 Å². The van der Waals surface area contributed by atoms with E-state index in [0.717, 1.165) is 36.2 Å². The fourth-order valence-electron chi connectivity index (χ4n) is 5.21. The Morgan fingerprint density at radius 3 is 2.58 bits per heavy atom. The average Bonchev–Trinajstić information content (AvgIpc) is 3.36. The Morgan fingerprint density at radius 1 is 1.05 bits per heavy atom. The van der Waals surface area contributed by atoms with Gasteiger partial charge in [0.1, 0.15) is 5.75 Å². The summed E-state index contributed by atoms with van der Waals surface area (Å²) in [6.45, 7) is 5.51. The summed E-state index contributed by atoms with van der Waals surface area (Å²) >= 11 is 0. The number of rotatable bonds is 8. The number of hydrogen-bond donors (Lipinski definition) is 2. The van der Waals surface area contributed by atoms with Crippen LogP contribution in [-0.2, 0) is 11.2 Å². The van der Waals surface area contributed by atoms with Crippen molar-refractivity contribution in [1.82, 2.24) is 20.2 Å². The lowest BCUT2D eigenvalue weighted by Crippen LogP contribution is -2.44. The second kappa shape index (κ2) is 11.5. The Morgan fingerprint density at radius 2 is 1.79 bits per heavy atom. The van der Waals surface area contributed by atoms with Crippen LogP contribution in [0.3, 0.4) is 0 Å². The predicted octanol–water partition coefficient (Wildman–Crippen LogP) is 5.02. The molecule has 0 aliphatic carbocycles. The third-order valence-electron chi connectivity index (χ3n) is 7.26. The first-order chi connectivity index (χ1) is 18.5. The molecule has 5 rings (SSSR count). The van der Waals surface area contributed by atoms with Gasteiger partial charge in [-0.25, -0.2) is 0 Å². The number of carbonyl (C=O) groups excluding carboxylic acids is 2. The molecule has 0 spiro atoms. The van der Waals surface area contributed by atoms with E-state index < -0.39 is 6.10 Å². The van der Waals surface area contributed by atoms with Crippen molar-refractivity contribution in [2.24, 2.45) is 0 Å². The fourth-order valence-corrected chi connectivity index (χ4v) is 5.21. The average molecular weight is 511 g/mol. The number of aromatic amines is 1. The van der Waals surface area contributed by atoms with Crippen LogP contribution in [0.1, 0.15) is 53.0 Å². The van der Waals surface area contributed by atoms with Crippen molar-refractivity contribution in [3.63, 3.8) is 0 Å². The molecule has 2 aromatic carbocycles. The first-order valence-electron chi connectivity index (χ1n) is 13.3. The van der Waals surface area contributed by atoms with Crippen molar-refractivity contribution < 1.29 is 14.3 Å². The summed E-state index contributed by atoms with van der Waals surface area (Å²) in [5.74, 6) is 0.696. The SMILES string of the molecule is Cc1ccc(C(=O)NCCc2c[nH]c3ccccc23)c(C2CCN(C(=O)C(C)Oc3ccccc3)CC2)n1. The van der Waals surface area contributed by atoms with E-state index in [1.54, 1.807) is 6.92 Å². The van der Waals surface area contributed by atoms with E-state index in [9.17, 15) is 9.59 Å². The van der Waals surface area contributed by atoms with E-state index in [2.05, 4.69) is 22.4 Å². The maximum atomic E-state index is 13.2. The smallest absolute Gasteiger partial charge is 0.263 e. The van der Waals surface area contributed by atoms with Gasteiger partial charge >= 0.3 is 0 Å². The molecular weight excluding hydrogens is 476 g/mol. The van der Waals surface area contributed by atoms with Gasteiger partial charge in [-0.05, 0) is 69.0 Å². The standard InChI is InChI=1S/C31H34N4O3/c1-21-12-13-27(30(36)32-17-14-24-20-33-28-11-7-6-10-26(24)28)29(34-21)23-15-18-35(19-16-23)31(37)22(2)38-25-8-4-3-5-9-25/h3-13,20,22-23,33H,14-19H2,1-2H3,(H,32,36). The lowest BCUT2D eigenvalue weighted by Gasteiger charge is -2.34. The number of fused-ring (bicyclic) bond motifs is 1.